The zero-order chi connectivity index (χ0) is 14.4. The second-order valence-electron chi connectivity index (χ2n) is 3.94. The summed E-state index contributed by atoms with van der Waals surface area (Å²) in [6.07, 6.45) is 1.25. The topological polar surface area (TPSA) is 49.7 Å². The van der Waals surface area contributed by atoms with E-state index in [1.807, 2.05) is 24.3 Å². The van der Waals surface area contributed by atoms with Crippen molar-refractivity contribution >= 4 is 29.4 Å². The molecule has 0 aliphatic carbocycles. The van der Waals surface area contributed by atoms with Crippen LogP contribution in [0.4, 0.5) is 10.5 Å². The van der Waals surface area contributed by atoms with Gasteiger partial charge in [0.15, 0.2) is 0 Å². The number of benzene rings is 2. The van der Waals surface area contributed by atoms with Gasteiger partial charge in [-0.3, -0.25) is 4.90 Å². The number of rotatable bonds is 3. The van der Waals surface area contributed by atoms with E-state index in [0.717, 1.165) is 5.56 Å². The van der Waals surface area contributed by atoms with Crippen LogP contribution in [-0.2, 0) is 4.79 Å². The molecule has 5 heteroatoms. The fourth-order valence-corrected chi connectivity index (χ4v) is 2.12. The number of carbonyl (C=O) groups excluding carboxylic acids is 2. The Morgan fingerprint density at radius 3 is 2.15 bits per heavy atom. The van der Waals surface area contributed by atoms with Crippen molar-refractivity contribution in [3.05, 3.63) is 66.2 Å². The number of para-hydroxylation sites is 1. The summed E-state index contributed by atoms with van der Waals surface area (Å²) in [5.41, 5.74) is 0.524. The highest BCUT2D eigenvalue weighted by atomic mass is 35.5. The average molecular weight is 287 g/mol. The molecule has 4 nitrogen and oxygen atoms in total. The molecule has 20 heavy (non-hydrogen) atoms. The first-order chi connectivity index (χ1) is 9.74. The summed E-state index contributed by atoms with van der Waals surface area (Å²) in [6.45, 7) is 0. The van der Waals surface area contributed by atoms with Gasteiger partial charge in [0.05, 0.1) is 0 Å². The Morgan fingerprint density at radius 1 is 1.05 bits per heavy atom. The molecule has 2 aromatic rings. The minimum atomic E-state index is -0.761. The summed E-state index contributed by atoms with van der Waals surface area (Å²) in [5, 5.41) is 0. The molecule has 1 atom stereocenters. The molecule has 1 unspecified atom stereocenters. The predicted molar refractivity (Wildman–Crippen MR) is 77.5 cm³/mol. The molecule has 0 N–H and O–H groups in total. The number of anilines is 1. The van der Waals surface area contributed by atoms with Gasteiger partial charge < -0.3 is 0 Å². The summed E-state index contributed by atoms with van der Waals surface area (Å²) < 4.78 is 0. The number of alkyl halides is 1. The number of nitrogens with zero attached hydrogens (tertiary/aromatic N) is 2. The number of halogens is 1. The molecule has 0 saturated carbocycles. The Morgan fingerprint density at radius 2 is 1.60 bits per heavy atom. The second kappa shape index (κ2) is 6.66. The largest absolute Gasteiger partial charge is 0.360 e. The molecule has 0 saturated heterocycles. The molecular formula is C15H11ClN2O2. The van der Waals surface area contributed by atoms with E-state index >= 15 is 0 Å². The molecule has 0 heterocycles. The molecule has 2 rings (SSSR count). The number of hydrogen-bond acceptors (Lipinski definition) is 2. The monoisotopic (exact) mass is 286 g/mol. The van der Waals surface area contributed by atoms with Crippen LogP contribution >= 0.6 is 11.6 Å². The highest BCUT2D eigenvalue weighted by molar-refractivity contribution is 6.24. The zero-order valence-electron chi connectivity index (χ0n) is 10.4. The molecule has 0 aromatic heterocycles. The van der Waals surface area contributed by atoms with Gasteiger partial charge in [-0.15, -0.1) is 4.99 Å². The Balaban J connectivity index is 2.42. The van der Waals surface area contributed by atoms with E-state index < -0.39 is 11.5 Å². The van der Waals surface area contributed by atoms with Gasteiger partial charge in [-0.25, -0.2) is 9.59 Å². The van der Waals surface area contributed by atoms with Gasteiger partial charge in [-0.05, 0) is 17.7 Å². The Kier molecular flexibility index (Phi) is 4.66. The lowest BCUT2D eigenvalue weighted by atomic mass is 10.2. The third-order valence-electron chi connectivity index (χ3n) is 2.68. The zero-order valence-corrected chi connectivity index (χ0v) is 11.2. The standard InChI is InChI=1S/C15H11ClN2O2/c16-14(12-7-3-1-4-8-12)18(15(20)17-11-19)13-9-5-2-6-10-13/h1-10,14H. The lowest BCUT2D eigenvalue weighted by molar-refractivity contribution is 0.253. The summed E-state index contributed by atoms with van der Waals surface area (Å²) >= 11 is 6.35. The normalized spacial score (nSPS) is 11.2. The first-order valence-electron chi connectivity index (χ1n) is 5.89. The lowest BCUT2D eigenvalue weighted by Gasteiger charge is -2.25. The van der Waals surface area contributed by atoms with Crippen LogP contribution in [0.3, 0.4) is 0 Å². The van der Waals surface area contributed by atoms with Crippen molar-refractivity contribution in [1.29, 1.82) is 0 Å². The molecule has 100 valence electrons. The van der Waals surface area contributed by atoms with E-state index in [1.54, 1.807) is 36.4 Å². The number of isocyanates is 1. The number of aliphatic imine (C=N–C) groups is 1. The molecule has 0 spiro atoms. The average Bonchev–Trinajstić information content (AvgIpc) is 2.50. The molecular weight excluding hydrogens is 276 g/mol. The van der Waals surface area contributed by atoms with Crippen molar-refractivity contribution < 1.29 is 9.59 Å². The van der Waals surface area contributed by atoms with Gasteiger partial charge in [0.25, 0.3) is 0 Å². The van der Waals surface area contributed by atoms with E-state index in [1.165, 1.54) is 11.0 Å². The third kappa shape index (κ3) is 3.12. The molecule has 0 fully saturated rings. The predicted octanol–water partition coefficient (Wildman–Crippen LogP) is 3.89. The van der Waals surface area contributed by atoms with E-state index in [-0.39, 0.29) is 0 Å². The molecule has 2 amide bonds. The van der Waals surface area contributed by atoms with Crippen LogP contribution in [0.1, 0.15) is 11.1 Å². The first kappa shape index (κ1) is 14.0. The second-order valence-corrected chi connectivity index (χ2v) is 4.35. The van der Waals surface area contributed by atoms with Crippen molar-refractivity contribution in [3.63, 3.8) is 0 Å². The van der Waals surface area contributed by atoms with Crippen molar-refractivity contribution in [3.8, 4) is 0 Å². The van der Waals surface area contributed by atoms with Crippen molar-refractivity contribution in [1.82, 2.24) is 0 Å². The summed E-state index contributed by atoms with van der Waals surface area (Å²) in [4.78, 5) is 26.7. The van der Waals surface area contributed by atoms with E-state index in [4.69, 9.17) is 11.6 Å². The molecule has 0 aliphatic rings. The Hall–Kier alpha value is -2.42. The van der Waals surface area contributed by atoms with Gasteiger partial charge in [0.2, 0.25) is 6.08 Å². The minimum absolute atomic E-state index is 0.556. The maximum absolute atomic E-state index is 12.0. The number of urea groups is 1. The first-order valence-corrected chi connectivity index (χ1v) is 6.33. The van der Waals surface area contributed by atoms with Crippen LogP contribution in [0.15, 0.2) is 65.7 Å². The van der Waals surface area contributed by atoms with Crippen LogP contribution in [0.5, 0.6) is 0 Å². The lowest BCUT2D eigenvalue weighted by Crippen LogP contribution is -2.29. The van der Waals surface area contributed by atoms with Gasteiger partial charge in [0, 0.05) is 5.69 Å². The van der Waals surface area contributed by atoms with Gasteiger partial charge in [0.1, 0.15) is 5.50 Å². The van der Waals surface area contributed by atoms with Crippen LogP contribution < -0.4 is 4.90 Å². The molecule has 0 aliphatic heterocycles. The third-order valence-corrected chi connectivity index (χ3v) is 3.13. The van der Waals surface area contributed by atoms with Crippen molar-refractivity contribution in [2.24, 2.45) is 4.99 Å². The summed E-state index contributed by atoms with van der Waals surface area (Å²) in [6, 6.07) is 17.1. The quantitative estimate of drug-likeness (QED) is 0.372. The smallest absolute Gasteiger partial charge is 0.271 e. The van der Waals surface area contributed by atoms with Crippen LogP contribution in [-0.4, -0.2) is 12.1 Å². The maximum atomic E-state index is 12.0. The Bertz CT molecular complexity index is 625. The molecule has 2 aromatic carbocycles. The van der Waals surface area contributed by atoms with E-state index in [9.17, 15) is 9.59 Å². The van der Waals surface area contributed by atoms with Gasteiger partial charge in [-0.2, -0.15) is 0 Å². The minimum Gasteiger partial charge on any atom is -0.271 e. The Labute approximate surface area is 121 Å². The molecule has 0 radical (unpaired) electrons. The van der Waals surface area contributed by atoms with E-state index in [2.05, 4.69) is 4.99 Å². The number of carbonyl (C=O) groups is 1. The number of hydrogen-bond donors (Lipinski definition) is 0. The van der Waals surface area contributed by atoms with Gasteiger partial charge >= 0.3 is 6.03 Å². The SMILES string of the molecule is O=C=NC(=O)N(c1ccccc1)C(Cl)c1ccccc1. The fraction of sp³-hybridized carbons (Fsp3) is 0.0667. The summed E-state index contributed by atoms with van der Waals surface area (Å²) in [7, 11) is 0. The summed E-state index contributed by atoms with van der Waals surface area (Å²) in [5.74, 6) is 0. The molecule has 0 bridgehead atoms. The maximum Gasteiger partial charge on any atom is 0.360 e. The van der Waals surface area contributed by atoms with E-state index in [0.29, 0.717) is 5.69 Å². The van der Waals surface area contributed by atoms with Crippen LogP contribution in [0.2, 0.25) is 0 Å². The van der Waals surface area contributed by atoms with Crippen molar-refractivity contribution in [2.75, 3.05) is 4.90 Å². The fourth-order valence-electron chi connectivity index (χ4n) is 1.78. The van der Waals surface area contributed by atoms with Crippen LogP contribution in [0.25, 0.3) is 0 Å². The van der Waals surface area contributed by atoms with Gasteiger partial charge in [-0.1, -0.05) is 60.1 Å². The number of amides is 2. The highest BCUT2D eigenvalue weighted by Crippen LogP contribution is 2.30. The van der Waals surface area contributed by atoms with Crippen molar-refractivity contribution in [2.45, 2.75) is 5.50 Å². The highest BCUT2D eigenvalue weighted by Gasteiger charge is 2.24. The van der Waals surface area contributed by atoms with Crippen LogP contribution in [0, 0.1) is 0 Å².